The molecule has 0 aliphatic carbocycles. The van der Waals surface area contributed by atoms with E-state index in [1.165, 1.54) is 83.5 Å². The van der Waals surface area contributed by atoms with Gasteiger partial charge in [-0.15, -0.1) is 0 Å². The van der Waals surface area contributed by atoms with Crippen molar-refractivity contribution in [3.05, 3.63) is 12.2 Å². The molecule has 1 atom stereocenters. The first-order valence-electron chi connectivity index (χ1n) is 9.00. The Morgan fingerprint density at radius 2 is 1.26 bits per heavy atom. The minimum absolute atomic E-state index is 0.987. The van der Waals surface area contributed by atoms with E-state index in [1.54, 1.807) is 0 Å². The van der Waals surface area contributed by atoms with Gasteiger partial charge in [-0.05, 0) is 31.6 Å². The molecule has 0 bridgehead atoms. The zero-order chi connectivity index (χ0) is 14.2. The van der Waals surface area contributed by atoms with Gasteiger partial charge in [0.15, 0.2) is 0 Å². The molecule has 0 spiro atoms. The zero-order valence-corrected chi connectivity index (χ0v) is 13.9. The van der Waals surface area contributed by atoms with Crippen LogP contribution in [0.25, 0.3) is 0 Å². The van der Waals surface area contributed by atoms with Crippen LogP contribution in [0.4, 0.5) is 0 Å². The smallest absolute Gasteiger partial charge is 0.0348 e. The van der Waals surface area contributed by atoms with E-state index in [1.807, 2.05) is 0 Å². The van der Waals surface area contributed by atoms with E-state index in [0.29, 0.717) is 0 Å². The summed E-state index contributed by atoms with van der Waals surface area (Å²) in [7, 11) is 0. The molecule has 0 amide bonds. The lowest BCUT2D eigenvalue weighted by molar-refractivity contribution is 0.400. The van der Waals surface area contributed by atoms with Gasteiger partial charge in [-0.1, -0.05) is 90.7 Å². The molecule has 0 saturated heterocycles. The van der Waals surface area contributed by atoms with Crippen molar-refractivity contribution >= 4 is 0 Å². The summed E-state index contributed by atoms with van der Waals surface area (Å²) in [6.45, 7) is 6.91. The zero-order valence-electron chi connectivity index (χ0n) is 13.9. The normalized spacial score (nSPS) is 13.2. The Morgan fingerprint density at radius 1 is 0.579 bits per heavy atom. The second-order valence-electron chi connectivity index (χ2n) is 6.05. The predicted molar refractivity (Wildman–Crippen MR) is 89.7 cm³/mol. The lowest BCUT2D eigenvalue weighted by atomic mass is 9.92. The van der Waals surface area contributed by atoms with Gasteiger partial charge in [0.2, 0.25) is 0 Å². The second kappa shape index (κ2) is 15.8. The highest BCUT2D eigenvalue weighted by molar-refractivity contribution is 4.82. The molecule has 19 heavy (non-hydrogen) atoms. The Kier molecular flexibility index (Phi) is 15.6. The molecule has 0 aromatic heterocycles. The van der Waals surface area contributed by atoms with Gasteiger partial charge in [0, 0.05) is 0 Å². The summed E-state index contributed by atoms with van der Waals surface area (Å²) in [5.74, 6) is 0.987. The predicted octanol–water partition coefficient (Wildman–Crippen LogP) is 7.29. The van der Waals surface area contributed by atoms with Crippen molar-refractivity contribution in [2.75, 3.05) is 0 Å². The van der Waals surface area contributed by atoms with Crippen molar-refractivity contribution in [1.82, 2.24) is 0 Å². The maximum absolute atomic E-state index is 2.44. The van der Waals surface area contributed by atoms with E-state index in [2.05, 4.69) is 32.9 Å². The van der Waals surface area contributed by atoms with Gasteiger partial charge in [-0.2, -0.15) is 0 Å². The molecule has 0 radical (unpaired) electrons. The Morgan fingerprint density at radius 3 is 1.95 bits per heavy atom. The third-order valence-electron chi connectivity index (χ3n) is 4.05. The minimum atomic E-state index is 0.987. The number of unbranched alkanes of at least 4 members (excludes halogenated alkanes) is 6. The van der Waals surface area contributed by atoms with Gasteiger partial charge in [0.05, 0.1) is 0 Å². The molecule has 0 aliphatic heterocycles. The highest BCUT2D eigenvalue weighted by Gasteiger charge is 2.05. The van der Waals surface area contributed by atoms with E-state index in [4.69, 9.17) is 0 Å². The van der Waals surface area contributed by atoms with Crippen molar-refractivity contribution < 1.29 is 0 Å². The summed E-state index contributed by atoms with van der Waals surface area (Å²) < 4.78 is 0. The van der Waals surface area contributed by atoms with E-state index < -0.39 is 0 Å². The third kappa shape index (κ3) is 14.0. The lowest BCUT2D eigenvalue weighted by Gasteiger charge is -2.14. The van der Waals surface area contributed by atoms with Crippen LogP contribution in [0.1, 0.15) is 104 Å². The van der Waals surface area contributed by atoms with Crippen LogP contribution in [0.3, 0.4) is 0 Å². The average Bonchev–Trinajstić information content (AvgIpc) is 2.42. The third-order valence-corrected chi connectivity index (χ3v) is 4.05. The summed E-state index contributed by atoms with van der Waals surface area (Å²) in [6.07, 6.45) is 22.9. The first-order valence-corrected chi connectivity index (χ1v) is 9.00. The highest BCUT2D eigenvalue weighted by atomic mass is 14.1. The standard InChI is InChI=1S/C19H38/c1-4-7-9-10-11-12-13-15-18-19(16-6-3)17-14-8-5-2/h12-13,19H,4-11,14-18H2,1-3H3. The summed E-state index contributed by atoms with van der Waals surface area (Å²) >= 11 is 0. The van der Waals surface area contributed by atoms with E-state index in [9.17, 15) is 0 Å². The molecule has 0 aliphatic rings. The lowest BCUT2D eigenvalue weighted by Crippen LogP contribution is -1.99. The van der Waals surface area contributed by atoms with Crippen molar-refractivity contribution in [3.8, 4) is 0 Å². The fourth-order valence-electron chi connectivity index (χ4n) is 2.78. The molecular formula is C19H38. The van der Waals surface area contributed by atoms with Crippen LogP contribution in [0.2, 0.25) is 0 Å². The van der Waals surface area contributed by atoms with Crippen molar-refractivity contribution in [2.45, 2.75) is 104 Å². The summed E-state index contributed by atoms with van der Waals surface area (Å²) in [4.78, 5) is 0. The van der Waals surface area contributed by atoms with Crippen molar-refractivity contribution in [2.24, 2.45) is 5.92 Å². The number of allylic oxidation sites excluding steroid dienone is 2. The molecular weight excluding hydrogens is 228 g/mol. The average molecular weight is 267 g/mol. The van der Waals surface area contributed by atoms with Gasteiger partial charge in [0.25, 0.3) is 0 Å². The van der Waals surface area contributed by atoms with E-state index in [0.717, 1.165) is 5.92 Å². The van der Waals surface area contributed by atoms with Crippen LogP contribution in [0.15, 0.2) is 12.2 Å². The maximum Gasteiger partial charge on any atom is -0.0348 e. The Balaban J connectivity index is 3.53. The van der Waals surface area contributed by atoms with Gasteiger partial charge in [0.1, 0.15) is 0 Å². The van der Waals surface area contributed by atoms with Gasteiger partial charge in [-0.3, -0.25) is 0 Å². The van der Waals surface area contributed by atoms with Gasteiger partial charge in [-0.25, -0.2) is 0 Å². The quantitative estimate of drug-likeness (QED) is 0.229. The van der Waals surface area contributed by atoms with Crippen LogP contribution in [0, 0.1) is 5.92 Å². The van der Waals surface area contributed by atoms with Crippen LogP contribution in [0.5, 0.6) is 0 Å². The van der Waals surface area contributed by atoms with Crippen molar-refractivity contribution in [1.29, 1.82) is 0 Å². The Bertz CT molecular complexity index is 180. The van der Waals surface area contributed by atoms with Crippen LogP contribution < -0.4 is 0 Å². The van der Waals surface area contributed by atoms with Gasteiger partial charge >= 0.3 is 0 Å². The molecule has 0 fully saturated rings. The topological polar surface area (TPSA) is 0 Å². The van der Waals surface area contributed by atoms with E-state index >= 15 is 0 Å². The van der Waals surface area contributed by atoms with Crippen LogP contribution >= 0.6 is 0 Å². The first-order chi connectivity index (χ1) is 9.35. The van der Waals surface area contributed by atoms with Crippen LogP contribution in [-0.2, 0) is 0 Å². The van der Waals surface area contributed by atoms with Crippen LogP contribution in [-0.4, -0.2) is 0 Å². The summed E-state index contributed by atoms with van der Waals surface area (Å²) in [6, 6.07) is 0. The summed E-state index contributed by atoms with van der Waals surface area (Å²) in [5.41, 5.74) is 0. The SMILES string of the molecule is CCCCCCC=CCCC(CCC)CCCCC. The maximum atomic E-state index is 2.44. The molecule has 0 aromatic carbocycles. The minimum Gasteiger partial charge on any atom is -0.0885 e. The van der Waals surface area contributed by atoms with Crippen molar-refractivity contribution in [3.63, 3.8) is 0 Å². The molecule has 114 valence electrons. The molecule has 0 aromatic rings. The fraction of sp³-hybridized carbons (Fsp3) is 0.895. The molecule has 0 heterocycles. The Labute approximate surface area is 123 Å². The molecule has 0 saturated carbocycles. The number of hydrogen-bond donors (Lipinski definition) is 0. The second-order valence-corrected chi connectivity index (χ2v) is 6.05. The van der Waals surface area contributed by atoms with Gasteiger partial charge < -0.3 is 0 Å². The fourth-order valence-corrected chi connectivity index (χ4v) is 2.78. The summed E-state index contributed by atoms with van der Waals surface area (Å²) in [5, 5.41) is 0. The molecule has 0 nitrogen and oxygen atoms in total. The molecule has 0 heteroatoms. The molecule has 1 unspecified atom stereocenters. The number of rotatable bonds is 14. The highest BCUT2D eigenvalue weighted by Crippen LogP contribution is 2.21. The molecule has 0 N–H and O–H groups in total. The molecule has 0 rings (SSSR count). The monoisotopic (exact) mass is 266 g/mol. The Hall–Kier alpha value is -0.260. The number of hydrogen-bond acceptors (Lipinski definition) is 0. The first kappa shape index (κ1) is 18.7. The van der Waals surface area contributed by atoms with E-state index in [-0.39, 0.29) is 0 Å². The largest absolute Gasteiger partial charge is 0.0885 e.